The van der Waals surface area contributed by atoms with Crippen LogP contribution in [0.3, 0.4) is 0 Å². The third kappa shape index (κ3) is 4.17. The average molecular weight is 329 g/mol. The van der Waals surface area contributed by atoms with E-state index < -0.39 is 0 Å². The first-order valence-corrected chi connectivity index (χ1v) is 9.47. The van der Waals surface area contributed by atoms with Gasteiger partial charge in [0.15, 0.2) is 0 Å². The molecule has 1 saturated carbocycles. The van der Waals surface area contributed by atoms with Crippen molar-refractivity contribution in [1.82, 2.24) is 15.5 Å². The molecule has 1 atom stereocenters. The molecule has 132 valence electrons. The topological polar surface area (TPSA) is 44.4 Å². The first-order valence-electron chi connectivity index (χ1n) is 9.47. The first kappa shape index (κ1) is 17.4. The summed E-state index contributed by atoms with van der Waals surface area (Å²) in [4.78, 5) is 14.8. The molecule has 3 rings (SSSR count). The van der Waals surface area contributed by atoms with E-state index in [1.54, 1.807) is 0 Å². The zero-order valence-electron chi connectivity index (χ0n) is 14.9. The number of nitrogens with one attached hydrogen (secondary N) is 2. The molecule has 0 aromatic heterocycles. The van der Waals surface area contributed by atoms with E-state index in [4.69, 9.17) is 0 Å². The summed E-state index contributed by atoms with van der Waals surface area (Å²) in [5.74, 6) is 0.171. The second kappa shape index (κ2) is 8.13. The molecule has 1 aliphatic heterocycles. The maximum Gasteiger partial charge on any atom is 0.234 e. The van der Waals surface area contributed by atoms with Crippen molar-refractivity contribution in [2.75, 3.05) is 32.7 Å². The Bertz CT molecular complexity index is 525. The van der Waals surface area contributed by atoms with Gasteiger partial charge in [0.25, 0.3) is 0 Å². The Morgan fingerprint density at radius 3 is 2.71 bits per heavy atom. The highest BCUT2D eigenvalue weighted by Gasteiger charge is 2.34. The Balaban J connectivity index is 1.60. The van der Waals surface area contributed by atoms with Gasteiger partial charge in [-0.1, -0.05) is 49.6 Å². The van der Waals surface area contributed by atoms with Crippen molar-refractivity contribution >= 4 is 5.91 Å². The van der Waals surface area contributed by atoms with Crippen LogP contribution in [0.1, 0.15) is 44.6 Å². The molecule has 4 heteroatoms. The normalized spacial score (nSPS) is 24.5. The van der Waals surface area contributed by atoms with Crippen molar-refractivity contribution in [1.29, 1.82) is 0 Å². The average Bonchev–Trinajstić information content (AvgIpc) is 2.63. The van der Waals surface area contributed by atoms with Gasteiger partial charge < -0.3 is 10.6 Å². The third-order valence-corrected chi connectivity index (χ3v) is 5.81. The number of piperazine rings is 1. The molecule has 2 fully saturated rings. The summed E-state index contributed by atoms with van der Waals surface area (Å²) in [5.41, 5.74) is 1.52. The molecule has 1 aromatic rings. The van der Waals surface area contributed by atoms with E-state index in [1.165, 1.54) is 37.7 Å². The Morgan fingerprint density at radius 2 is 2.00 bits per heavy atom. The van der Waals surface area contributed by atoms with Crippen molar-refractivity contribution in [3.63, 3.8) is 0 Å². The summed E-state index contributed by atoms with van der Waals surface area (Å²) in [5, 5.41) is 6.63. The van der Waals surface area contributed by atoms with Crippen LogP contribution in [0.4, 0.5) is 0 Å². The molecule has 0 bridgehead atoms. The summed E-state index contributed by atoms with van der Waals surface area (Å²) in [6.45, 7) is 6.39. The fourth-order valence-corrected chi connectivity index (χ4v) is 4.21. The van der Waals surface area contributed by atoms with E-state index >= 15 is 0 Å². The molecule has 4 nitrogen and oxygen atoms in total. The minimum Gasteiger partial charge on any atom is -0.354 e. The molecule has 1 aromatic carbocycles. The Hall–Kier alpha value is -1.39. The lowest BCUT2D eigenvalue weighted by atomic mass is 9.69. The van der Waals surface area contributed by atoms with Crippen LogP contribution in [0.25, 0.3) is 0 Å². The number of hydrogen-bond donors (Lipinski definition) is 2. The lowest BCUT2D eigenvalue weighted by Gasteiger charge is -2.38. The first-order chi connectivity index (χ1) is 11.7. The number of hydrogen-bond acceptors (Lipinski definition) is 3. The molecule has 2 N–H and O–H groups in total. The van der Waals surface area contributed by atoms with Gasteiger partial charge in [-0.25, -0.2) is 0 Å². The van der Waals surface area contributed by atoms with Gasteiger partial charge in [0.05, 0.1) is 6.54 Å². The van der Waals surface area contributed by atoms with Gasteiger partial charge in [-0.3, -0.25) is 9.69 Å². The zero-order valence-corrected chi connectivity index (χ0v) is 14.9. The van der Waals surface area contributed by atoms with Crippen LogP contribution in [0.5, 0.6) is 0 Å². The van der Waals surface area contributed by atoms with Gasteiger partial charge in [0.2, 0.25) is 5.91 Å². The van der Waals surface area contributed by atoms with Crippen LogP contribution in [0, 0.1) is 0 Å². The highest BCUT2D eigenvalue weighted by atomic mass is 16.2. The van der Waals surface area contributed by atoms with E-state index in [9.17, 15) is 4.79 Å². The lowest BCUT2D eigenvalue weighted by Crippen LogP contribution is -2.53. The number of carbonyl (C=O) groups excluding carboxylic acids is 1. The molecule has 0 spiro atoms. The summed E-state index contributed by atoms with van der Waals surface area (Å²) in [6.07, 6.45) is 6.21. The van der Waals surface area contributed by atoms with E-state index in [2.05, 4.69) is 52.8 Å². The van der Waals surface area contributed by atoms with Gasteiger partial charge >= 0.3 is 0 Å². The highest BCUT2D eigenvalue weighted by molar-refractivity contribution is 5.78. The molecule has 0 radical (unpaired) electrons. The zero-order chi connectivity index (χ0) is 16.8. The summed E-state index contributed by atoms with van der Waals surface area (Å²) in [6, 6.07) is 11.2. The van der Waals surface area contributed by atoms with Crippen molar-refractivity contribution in [3.8, 4) is 0 Å². The Morgan fingerprint density at radius 1 is 1.25 bits per heavy atom. The second-order valence-corrected chi connectivity index (χ2v) is 7.51. The Labute approximate surface area is 146 Å². The molecule has 0 unspecified atom stereocenters. The van der Waals surface area contributed by atoms with E-state index in [0.717, 1.165) is 26.2 Å². The maximum atomic E-state index is 12.5. The monoisotopic (exact) mass is 329 g/mol. The van der Waals surface area contributed by atoms with Crippen LogP contribution < -0.4 is 10.6 Å². The van der Waals surface area contributed by atoms with Crippen molar-refractivity contribution in [2.45, 2.75) is 50.5 Å². The van der Waals surface area contributed by atoms with Crippen LogP contribution in [0.2, 0.25) is 0 Å². The molecular weight excluding hydrogens is 298 g/mol. The summed E-state index contributed by atoms with van der Waals surface area (Å²) >= 11 is 0. The molecule has 24 heavy (non-hydrogen) atoms. The Kier molecular flexibility index (Phi) is 5.90. The van der Waals surface area contributed by atoms with Crippen LogP contribution in [0.15, 0.2) is 30.3 Å². The standard InChI is InChI=1S/C20H31N3O/c1-17-14-21-12-13-23(17)15-19(24)22-16-20(10-6-3-7-11-20)18-8-4-2-5-9-18/h2,4-5,8-9,17,21H,3,6-7,10-16H2,1H3,(H,22,24)/t17-/m1/s1. The molecule has 1 saturated heterocycles. The summed E-state index contributed by atoms with van der Waals surface area (Å²) in [7, 11) is 0. The fraction of sp³-hybridized carbons (Fsp3) is 0.650. The maximum absolute atomic E-state index is 12.5. The van der Waals surface area contributed by atoms with Crippen LogP contribution in [-0.4, -0.2) is 49.6 Å². The molecule has 2 aliphatic rings. The van der Waals surface area contributed by atoms with Gasteiger partial charge in [0.1, 0.15) is 0 Å². The molecular formula is C20H31N3O. The third-order valence-electron chi connectivity index (χ3n) is 5.81. The number of amides is 1. The van der Waals surface area contributed by atoms with Crippen molar-refractivity contribution < 1.29 is 4.79 Å². The number of rotatable bonds is 5. The fourth-order valence-electron chi connectivity index (χ4n) is 4.21. The SMILES string of the molecule is C[C@@H]1CNCCN1CC(=O)NCC1(c2ccccc2)CCCCC1. The van der Waals surface area contributed by atoms with E-state index in [1.807, 2.05) is 0 Å². The highest BCUT2D eigenvalue weighted by Crippen LogP contribution is 2.38. The van der Waals surface area contributed by atoms with Crippen molar-refractivity contribution in [2.24, 2.45) is 0 Å². The largest absolute Gasteiger partial charge is 0.354 e. The molecule has 1 aliphatic carbocycles. The molecule has 1 heterocycles. The van der Waals surface area contributed by atoms with Crippen molar-refractivity contribution in [3.05, 3.63) is 35.9 Å². The number of carbonyl (C=O) groups is 1. The second-order valence-electron chi connectivity index (χ2n) is 7.51. The van der Waals surface area contributed by atoms with Crippen LogP contribution in [-0.2, 0) is 10.2 Å². The number of nitrogens with zero attached hydrogens (tertiary/aromatic N) is 1. The molecule has 1 amide bonds. The summed E-state index contributed by atoms with van der Waals surface area (Å²) < 4.78 is 0. The van der Waals surface area contributed by atoms with Gasteiger partial charge in [0, 0.05) is 37.6 Å². The minimum absolute atomic E-state index is 0.129. The lowest BCUT2D eigenvalue weighted by molar-refractivity contribution is -0.123. The van der Waals surface area contributed by atoms with E-state index in [-0.39, 0.29) is 11.3 Å². The smallest absolute Gasteiger partial charge is 0.234 e. The van der Waals surface area contributed by atoms with Crippen LogP contribution >= 0.6 is 0 Å². The number of benzene rings is 1. The van der Waals surface area contributed by atoms with Gasteiger partial charge in [-0.15, -0.1) is 0 Å². The predicted molar refractivity (Wildman–Crippen MR) is 98.1 cm³/mol. The minimum atomic E-state index is 0.129. The predicted octanol–water partition coefficient (Wildman–Crippen LogP) is 2.30. The quantitative estimate of drug-likeness (QED) is 0.871. The van der Waals surface area contributed by atoms with Gasteiger partial charge in [-0.05, 0) is 25.3 Å². The van der Waals surface area contributed by atoms with E-state index in [0.29, 0.717) is 12.6 Å². The van der Waals surface area contributed by atoms with Gasteiger partial charge in [-0.2, -0.15) is 0 Å².